The van der Waals surface area contributed by atoms with Crippen molar-refractivity contribution in [2.75, 3.05) is 51.3 Å². The third-order valence-electron chi connectivity index (χ3n) is 3.17. The molecule has 0 fully saturated rings. The normalized spacial score (nSPS) is 11.1. The van der Waals surface area contributed by atoms with Crippen LogP contribution in [0.4, 0.5) is 11.4 Å². The Bertz CT molecular complexity index is 465. The molecule has 0 aliphatic heterocycles. The van der Waals surface area contributed by atoms with Crippen molar-refractivity contribution < 1.29 is 4.79 Å². The number of amides is 1. The first-order valence-corrected chi connectivity index (χ1v) is 7.52. The van der Waals surface area contributed by atoms with Crippen LogP contribution in [0.5, 0.6) is 0 Å². The summed E-state index contributed by atoms with van der Waals surface area (Å²) in [5.74, 6) is -0.0385. The van der Waals surface area contributed by atoms with E-state index in [1.54, 1.807) is 18.2 Å². The number of carbonyl (C=O) groups is 1. The van der Waals surface area contributed by atoms with Gasteiger partial charge in [-0.15, -0.1) is 0 Å². The lowest BCUT2D eigenvalue weighted by Crippen LogP contribution is -2.34. The summed E-state index contributed by atoms with van der Waals surface area (Å²) in [6.45, 7) is 5.22. The molecule has 1 aromatic rings. The second-order valence-corrected chi connectivity index (χ2v) is 5.72. The first-order chi connectivity index (χ1) is 9.92. The van der Waals surface area contributed by atoms with E-state index in [-0.39, 0.29) is 5.91 Å². The number of rotatable bonds is 8. The van der Waals surface area contributed by atoms with Crippen molar-refractivity contribution in [2.45, 2.75) is 13.3 Å². The van der Waals surface area contributed by atoms with Gasteiger partial charge in [-0.25, -0.2) is 0 Å². The minimum atomic E-state index is -0.0385. The van der Waals surface area contributed by atoms with Gasteiger partial charge in [0.05, 0.1) is 17.3 Å². The first-order valence-electron chi connectivity index (χ1n) is 7.14. The molecule has 0 saturated heterocycles. The lowest BCUT2D eigenvalue weighted by Gasteiger charge is -2.21. The molecule has 5 nitrogen and oxygen atoms in total. The first kappa shape index (κ1) is 17.8. The van der Waals surface area contributed by atoms with Crippen LogP contribution >= 0.6 is 11.6 Å². The average Bonchev–Trinajstić information content (AvgIpc) is 2.41. The van der Waals surface area contributed by atoms with Gasteiger partial charge >= 0.3 is 0 Å². The fraction of sp³-hybridized carbons (Fsp3) is 0.533. The number of hydrogen-bond acceptors (Lipinski definition) is 4. The Balaban J connectivity index is 2.44. The van der Waals surface area contributed by atoms with Gasteiger partial charge in [-0.05, 0) is 58.3 Å². The van der Waals surface area contributed by atoms with E-state index < -0.39 is 0 Å². The maximum absolute atomic E-state index is 12.0. The molecule has 1 rings (SSSR count). The fourth-order valence-corrected chi connectivity index (χ4v) is 2.10. The summed E-state index contributed by atoms with van der Waals surface area (Å²) in [5, 5.41) is 3.34. The molecule has 6 heteroatoms. The number of nitrogens with two attached hydrogens (primary N) is 1. The van der Waals surface area contributed by atoms with Crippen LogP contribution in [0.25, 0.3) is 0 Å². The molecule has 1 amide bonds. The molecular formula is C15H25ClN4O. The summed E-state index contributed by atoms with van der Waals surface area (Å²) >= 11 is 5.86. The van der Waals surface area contributed by atoms with Gasteiger partial charge in [0, 0.05) is 5.69 Å². The molecule has 118 valence electrons. The number of nitrogens with zero attached hydrogens (tertiary/aromatic N) is 2. The Morgan fingerprint density at radius 1 is 1.33 bits per heavy atom. The predicted octanol–water partition coefficient (Wildman–Crippen LogP) is 2.13. The fourth-order valence-electron chi connectivity index (χ4n) is 1.98. The average molecular weight is 313 g/mol. The van der Waals surface area contributed by atoms with Gasteiger partial charge in [-0.1, -0.05) is 18.5 Å². The van der Waals surface area contributed by atoms with Crippen LogP contribution in [-0.2, 0) is 4.79 Å². The van der Waals surface area contributed by atoms with Gasteiger partial charge in [0.2, 0.25) is 5.91 Å². The molecule has 0 radical (unpaired) electrons. The van der Waals surface area contributed by atoms with Gasteiger partial charge in [-0.2, -0.15) is 0 Å². The number of halogens is 1. The van der Waals surface area contributed by atoms with E-state index in [1.165, 1.54) is 0 Å². The monoisotopic (exact) mass is 312 g/mol. The van der Waals surface area contributed by atoms with E-state index >= 15 is 0 Å². The summed E-state index contributed by atoms with van der Waals surface area (Å²) in [6, 6.07) is 5.10. The van der Waals surface area contributed by atoms with Crippen molar-refractivity contribution in [2.24, 2.45) is 0 Å². The maximum atomic E-state index is 12.0. The molecular weight excluding hydrogens is 288 g/mol. The Morgan fingerprint density at radius 3 is 2.62 bits per heavy atom. The predicted molar refractivity (Wildman–Crippen MR) is 89.8 cm³/mol. The molecule has 21 heavy (non-hydrogen) atoms. The number of likely N-dealkylation sites (N-methyl/N-ethyl adjacent to an activating group) is 1. The van der Waals surface area contributed by atoms with E-state index in [0.29, 0.717) is 22.9 Å². The molecule has 0 bridgehead atoms. The van der Waals surface area contributed by atoms with Crippen molar-refractivity contribution >= 4 is 28.9 Å². The van der Waals surface area contributed by atoms with Crippen molar-refractivity contribution in [3.05, 3.63) is 23.2 Å². The standard InChI is InChI=1S/C15H25ClN4O/c1-4-20(9-5-8-19(2)3)11-15(21)18-12-6-7-13(16)14(17)10-12/h6-7,10H,4-5,8-9,11,17H2,1-3H3,(H,18,21). The third kappa shape index (κ3) is 6.80. The van der Waals surface area contributed by atoms with E-state index in [1.807, 2.05) is 14.1 Å². The van der Waals surface area contributed by atoms with Crippen LogP contribution in [0, 0.1) is 0 Å². The van der Waals surface area contributed by atoms with E-state index in [0.717, 1.165) is 26.1 Å². The Hall–Kier alpha value is -1.30. The summed E-state index contributed by atoms with van der Waals surface area (Å²) in [4.78, 5) is 16.3. The lowest BCUT2D eigenvalue weighted by molar-refractivity contribution is -0.117. The lowest BCUT2D eigenvalue weighted by atomic mass is 10.2. The number of carbonyl (C=O) groups excluding carboxylic acids is 1. The SMILES string of the molecule is CCN(CCCN(C)C)CC(=O)Nc1ccc(Cl)c(N)c1. The van der Waals surface area contributed by atoms with Gasteiger partial charge in [0.15, 0.2) is 0 Å². The van der Waals surface area contributed by atoms with Crippen molar-refractivity contribution in [1.29, 1.82) is 0 Å². The second-order valence-electron chi connectivity index (χ2n) is 5.31. The number of hydrogen-bond donors (Lipinski definition) is 2. The highest BCUT2D eigenvalue weighted by molar-refractivity contribution is 6.33. The molecule has 3 N–H and O–H groups in total. The number of anilines is 2. The van der Waals surface area contributed by atoms with Crippen LogP contribution in [0.15, 0.2) is 18.2 Å². The van der Waals surface area contributed by atoms with E-state index in [4.69, 9.17) is 17.3 Å². The summed E-state index contributed by atoms with van der Waals surface area (Å²) in [5.41, 5.74) is 6.86. The molecule has 0 aromatic heterocycles. The highest BCUT2D eigenvalue weighted by Crippen LogP contribution is 2.22. The van der Waals surface area contributed by atoms with Crippen LogP contribution in [-0.4, -0.2) is 56.0 Å². The van der Waals surface area contributed by atoms with Crippen molar-refractivity contribution in [3.63, 3.8) is 0 Å². The summed E-state index contributed by atoms with van der Waals surface area (Å²) in [6.07, 6.45) is 1.04. The smallest absolute Gasteiger partial charge is 0.238 e. The minimum absolute atomic E-state index is 0.0385. The number of nitrogen functional groups attached to an aromatic ring is 1. The van der Waals surface area contributed by atoms with Crippen LogP contribution in [0.1, 0.15) is 13.3 Å². The maximum Gasteiger partial charge on any atom is 0.238 e. The Kier molecular flexibility index (Phi) is 7.50. The second kappa shape index (κ2) is 8.87. The Labute approximate surface area is 132 Å². The van der Waals surface area contributed by atoms with Gasteiger partial charge in [0.1, 0.15) is 0 Å². The summed E-state index contributed by atoms with van der Waals surface area (Å²) < 4.78 is 0. The third-order valence-corrected chi connectivity index (χ3v) is 3.52. The number of nitrogens with one attached hydrogen (secondary N) is 1. The van der Waals surface area contributed by atoms with Gasteiger partial charge in [0.25, 0.3) is 0 Å². The molecule has 0 aliphatic carbocycles. The highest BCUT2D eigenvalue weighted by Gasteiger charge is 2.10. The summed E-state index contributed by atoms with van der Waals surface area (Å²) in [7, 11) is 4.10. The molecule has 0 unspecified atom stereocenters. The number of benzene rings is 1. The molecule has 0 atom stereocenters. The molecule has 0 saturated carbocycles. The van der Waals surface area contributed by atoms with Crippen LogP contribution < -0.4 is 11.1 Å². The van der Waals surface area contributed by atoms with Crippen LogP contribution in [0.2, 0.25) is 5.02 Å². The van der Waals surface area contributed by atoms with Gasteiger partial charge in [-0.3, -0.25) is 9.69 Å². The zero-order valence-corrected chi connectivity index (χ0v) is 13.8. The van der Waals surface area contributed by atoms with E-state index in [9.17, 15) is 4.79 Å². The van der Waals surface area contributed by atoms with Crippen LogP contribution in [0.3, 0.4) is 0 Å². The zero-order valence-electron chi connectivity index (χ0n) is 13.0. The molecule has 0 heterocycles. The highest BCUT2D eigenvalue weighted by atomic mass is 35.5. The van der Waals surface area contributed by atoms with Crippen molar-refractivity contribution in [3.8, 4) is 0 Å². The largest absolute Gasteiger partial charge is 0.397 e. The molecule has 0 aliphatic rings. The quantitative estimate of drug-likeness (QED) is 0.722. The van der Waals surface area contributed by atoms with Gasteiger partial charge < -0.3 is 16.0 Å². The molecule has 1 aromatic carbocycles. The minimum Gasteiger partial charge on any atom is -0.397 e. The van der Waals surface area contributed by atoms with E-state index in [2.05, 4.69) is 22.0 Å². The zero-order chi connectivity index (χ0) is 15.8. The Morgan fingerprint density at radius 2 is 2.05 bits per heavy atom. The topological polar surface area (TPSA) is 61.6 Å². The van der Waals surface area contributed by atoms with Crippen molar-refractivity contribution in [1.82, 2.24) is 9.80 Å². The molecule has 0 spiro atoms.